The van der Waals surface area contributed by atoms with Gasteiger partial charge in [-0.05, 0) is 18.7 Å². The summed E-state index contributed by atoms with van der Waals surface area (Å²) in [6.45, 7) is 6.22. The van der Waals surface area contributed by atoms with Crippen LogP contribution in [0.15, 0.2) is 28.7 Å². The molecule has 23 heavy (non-hydrogen) atoms. The molecule has 0 aliphatic carbocycles. The van der Waals surface area contributed by atoms with E-state index in [0.717, 1.165) is 19.6 Å². The van der Waals surface area contributed by atoms with Gasteiger partial charge in [0.05, 0.1) is 12.7 Å². The summed E-state index contributed by atoms with van der Waals surface area (Å²) in [6, 6.07) is 7.34. The zero-order valence-corrected chi connectivity index (χ0v) is 13.4. The highest BCUT2D eigenvalue weighted by atomic mass is 16.5. The number of piperazine rings is 1. The van der Waals surface area contributed by atoms with Crippen LogP contribution in [-0.2, 0) is 0 Å². The quantitative estimate of drug-likeness (QED) is 0.852. The molecule has 0 bridgehead atoms. The van der Waals surface area contributed by atoms with Crippen molar-refractivity contribution in [2.24, 2.45) is 0 Å². The Morgan fingerprint density at radius 1 is 1.22 bits per heavy atom. The van der Waals surface area contributed by atoms with Gasteiger partial charge in [-0.15, -0.1) is 10.2 Å². The van der Waals surface area contributed by atoms with Crippen molar-refractivity contribution in [3.8, 4) is 17.2 Å². The first-order valence-corrected chi connectivity index (χ1v) is 7.71. The van der Waals surface area contributed by atoms with E-state index in [-0.39, 0.29) is 17.7 Å². The van der Waals surface area contributed by atoms with Gasteiger partial charge in [0.2, 0.25) is 0 Å². The van der Waals surface area contributed by atoms with Crippen molar-refractivity contribution >= 4 is 5.91 Å². The number of carbonyl (C=O) groups is 1. The third-order valence-electron chi connectivity index (χ3n) is 4.05. The lowest BCUT2D eigenvalue weighted by Crippen LogP contribution is -2.48. The van der Waals surface area contributed by atoms with Crippen LogP contribution in [0.3, 0.4) is 0 Å². The topological polar surface area (TPSA) is 71.7 Å². The zero-order valence-electron chi connectivity index (χ0n) is 13.4. The molecular formula is C16H20N4O3. The molecule has 1 amide bonds. The van der Waals surface area contributed by atoms with Gasteiger partial charge in [0.1, 0.15) is 5.75 Å². The molecule has 0 spiro atoms. The molecule has 7 nitrogen and oxygen atoms in total. The molecule has 2 aromatic rings. The molecule has 1 aromatic carbocycles. The number of hydrogen-bond donors (Lipinski definition) is 0. The summed E-state index contributed by atoms with van der Waals surface area (Å²) >= 11 is 0. The van der Waals surface area contributed by atoms with Crippen molar-refractivity contribution in [1.82, 2.24) is 20.0 Å². The summed E-state index contributed by atoms with van der Waals surface area (Å²) in [5, 5.41) is 7.89. The second-order valence-corrected chi connectivity index (χ2v) is 5.34. The number of hydrogen-bond acceptors (Lipinski definition) is 6. The Labute approximate surface area is 134 Å². The Kier molecular flexibility index (Phi) is 4.57. The predicted octanol–water partition coefficient (Wildman–Crippen LogP) is 1.52. The first-order valence-electron chi connectivity index (χ1n) is 7.71. The molecule has 1 fully saturated rings. The highest BCUT2D eigenvalue weighted by Gasteiger charge is 2.26. The molecule has 0 unspecified atom stereocenters. The largest absolute Gasteiger partial charge is 0.496 e. The van der Waals surface area contributed by atoms with Gasteiger partial charge >= 0.3 is 11.8 Å². The summed E-state index contributed by atoms with van der Waals surface area (Å²) in [4.78, 5) is 16.5. The van der Waals surface area contributed by atoms with Crippen molar-refractivity contribution in [2.75, 3.05) is 39.8 Å². The molecule has 0 saturated carbocycles. The Morgan fingerprint density at radius 2 is 1.96 bits per heavy atom. The van der Waals surface area contributed by atoms with Gasteiger partial charge in [-0.25, -0.2) is 0 Å². The lowest BCUT2D eigenvalue weighted by Gasteiger charge is -2.33. The van der Waals surface area contributed by atoms with Crippen molar-refractivity contribution in [2.45, 2.75) is 6.92 Å². The molecule has 1 aromatic heterocycles. The number of aromatic nitrogens is 2. The van der Waals surface area contributed by atoms with Gasteiger partial charge in [-0.2, -0.15) is 0 Å². The number of carbonyl (C=O) groups excluding carboxylic acids is 1. The molecule has 1 aliphatic heterocycles. The second kappa shape index (κ2) is 6.78. The second-order valence-electron chi connectivity index (χ2n) is 5.34. The Morgan fingerprint density at radius 3 is 2.65 bits per heavy atom. The van der Waals surface area contributed by atoms with Crippen LogP contribution in [-0.4, -0.2) is 65.7 Å². The van der Waals surface area contributed by atoms with Crippen LogP contribution in [0.1, 0.15) is 17.6 Å². The van der Waals surface area contributed by atoms with Crippen LogP contribution in [0.25, 0.3) is 11.5 Å². The summed E-state index contributed by atoms with van der Waals surface area (Å²) < 4.78 is 10.9. The van der Waals surface area contributed by atoms with Crippen LogP contribution in [0.5, 0.6) is 5.75 Å². The average Bonchev–Trinajstić information content (AvgIpc) is 3.11. The van der Waals surface area contributed by atoms with Gasteiger partial charge in [-0.1, -0.05) is 19.1 Å². The fourth-order valence-corrected chi connectivity index (χ4v) is 2.64. The normalized spacial score (nSPS) is 15.7. The van der Waals surface area contributed by atoms with E-state index in [4.69, 9.17) is 9.15 Å². The highest BCUT2D eigenvalue weighted by molar-refractivity contribution is 5.90. The van der Waals surface area contributed by atoms with E-state index in [9.17, 15) is 4.79 Å². The molecule has 0 radical (unpaired) electrons. The SMILES string of the molecule is CCN1CCN(C(=O)c2nnc(-c3ccccc3OC)o2)CC1. The molecule has 1 aliphatic rings. The number of para-hydroxylation sites is 1. The number of rotatable bonds is 4. The molecule has 0 atom stereocenters. The first kappa shape index (κ1) is 15.5. The maximum Gasteiger partial charge on any atom is 0.311 e. The summed E-state index contributed by atoms with van der Waals surface area (Å²) in [7, 11) is 1.58. The standard InChI is InChI=1S/C16H20N4O3/c1-3-19-8-10-20(11-9-19)16(21)15-18-17-14(23-15)12-6-4-5-7-13(12)22-2/h4-7H,3,8-11H2,1-2H3. The lowest BCUT2D eigenvalue weighted by molar-refractivity contribution is 0.0605. The van der Waals surface area contributed by atoms with Crippen LogP contribution >= 0.6 is 0 Å². The fourth-order valence-electron chi connectivity index (χ4n) is 2.64. The van der Waals surface area contributed by atoms with Gasteiger partial charge in [0, 0.05) is 26.2 Å². The van der Waals surface area contributed by atoms with Crippen LogP contribution < -0.4 is 4.74 Å². The molecule has 2 heterocycles. The minimum Gasteiger partial charge on any atom is -0.496 e. The van der Waals surface area contributed by atoms with Crippen LogP contribution in [0.4, 0.5) is 0 Å². The number of benzene rings is 1. The van der Waals surface area contributed by atoms with Crippen LogP contribution in [0, 0.1) is 0 Å². The molecule has 1 saturated heterocycles. The van der Waals surface area contributed by atoms with Gasteiger partial charge in [0.25, 0.3) is 5.89 Å². The van der Waals surface area contributed by atoms with E-state index in [0.29, 0.717) is 24.4 Å². The van der Waals surface area contributed by atoms with Gasteiger partial charge in [0.15, 0.2) is 0 Å². The van der Waals surface area contributed by atoms with Gasteiger partial charge < -0.3 is 19.0 Å². The van der Waals surface area contributed by atoms with E-state index in [1.807, 2.05) is 24.3 Å². The lowest BCUT2D eigenvalue weighted by atomic mass is 10.2. The smallest absolute Gasteiger partial charge is 0.311 e. The molecule has 7 heteroatoms. The molecule has 3 rings (SSSR count). The summed E-state index contributed by atoms with van der Waals surface area (Å²) in [5.41, 5.74) is 0.678. The Bertz CT molecular complexity index is 677. The highest BCUT2D eigenvalue weighted by Crippen LogP contribution is 2.28. The average molecular weight is 316 g/mol. The maximum absolute atomic E-state index is 12.5. The zero-order chi connectivity index (χ0) is 16.2. The fraction of sp³-hybridized carbons (Fsp3) is 0.438. The van der Waals surface area contributed by atoms with Gasteiger partial charge in [-0.3, -0.25) is 4.79 Å². The predicted molar refractivity (Wildman–Crippen MR) is 84.3 cm³/mol. The van der Waals surface area contributed by atoms with E-state index in [1.54, 1.807) is 12.0 Å². The number of nitrogens with zero attached hydrogens (tertiary/aromatic N) is 4. The van der Waals surface area contributed by atoms with E-state index in [2.05, 4.69) is 22.0 Å². The first-order chi connectivity index (χ1) is 11.2. The number of methoxy groups -OCH3 is 1. The number of amides is 1. The monoisotopic (exact) mass is 316 g/mol. The Balaban J connectivity index is 1.75. The molecule has 0 N–H and O–H groups in total. The van der Waals surface area contributed by atoms with Crippen molar-refractivity contribution < 1.29 is 13.9 Å². The minimum absolute atomic E-state index is 0.0239. The van der Waals surface area contributed by atoms with E-state index < -0.39 is 0 Å². The number of likely N-dealkylation sites (N-methyl/N-ethyl adjacent to an activating group) is 1. The summed E-state index contributed by atoms with van der Waals surface area (Å²) in [5.74, 6) is 0.731. The number of ether oxygens (including phenoxy) is 1. The molecular weight excluding hydrogens is 296 g/mol. The summed E-state index contributed by atoms with van der Waals surface area (Å²) in [6.07, 6.45) is 0. The minimum atomic E-state index is -0.214. The van der Waals surface area contributed by atoms with E-state index >= 15 is 0 Å². The third-order valence-corrected chi connectivity index (χ3v) is 4.05. The third kappa shape index (κ3) is 3.19. The van der Waals surface area contributed by atoms with Crippen molar-refractivity contribution in [3.05, 3.63) is 30.2 Å². The van der Waals surface area contributed by atoms with Crippen LogP contribution in [0.2, 0.25) is 0 Å². The maximum atomic E-state index is 12.5. The molecule has 122 valence electrons. The van der Waals surface area contributed by atoms with E-state index in [1.165, 1.54) is 0 Å². The van der Waals surface area contributed by atoms with Crippen molar-refractivity contribution in [1.29, 1.82) is 0 Å². The Hall–Kier alpha value is -2.41. The van der Waals surface area contributed by atoms with Crippen molar-refractivity contribution in [3.63, 3.8) is 0 Å².